The molecule has 2 rings (SSSR count). The summed E-state index contributed by atoms with van der Waals surface area (Å²) in [6.07, 6.45) is 1.55. The van der Waals surface area contributed by atoms with Crippen molar-refractivity contribution in [3.63, 3.8) is 0 Å². The minimum absolute atomic E-state index is 0.0970. The van der Waals surface area contributed by atoms with E-state index in [0.717, 1.165) is 16.7 Å². The van der Waals surface area contributed by atoms with Gasteiger partial charge in [-0.1, -0.05) is 53.8 Å². The number of aliphatic hydroxyl groups is 1. The highest BCUT2D eigenvalue weighted by Crippen LogP contribution is 2.34. The molecule has 1 atom stereocenters. The predicted octanol–water partition coefficient (Wildman–Crippen LogP) is 1.99. The Morgan fingerprint density at radius 1 is 1.48 bits per heavy atom. The highest BCUT2D eigenvalue weighted by Gasteiger charge is 2.40. The van der Waals surface area contributed by atoms with E-state index >= 15 is 0 Å². The van der Waals surface area contributed by atoms with Crippen LogP contribution in [-0.4, -0.2) is 44.0 Å². The summed E-state index contributed by atoms with van der Waals surface area (Å²) in [4.78, 5) is 24.5. The van der Waals surface area contributed by atoms with Crippen molar-refractivity contribution in [1.82, 2.24) is 4.90 Å². The Morgan fingerprint density at radius 2 is 2.14 bits per heavy atom. The van der Waals surface area contributed by atoms with Crippen LogP contribution in [-0.2, 0) is 9.59 Å². The second kappa shape index (κ2) is 6.57. The Kier molecular flexibility index (Phi) is 5.00. The molecule has 1 heterocycles. The summed E-state index contributed by atoms with van der Waals surface area (Å²) in [6, 6.07) is 5.57. The fraction of sp³-hybridized carbons (Fsp3) is 0.154. The molecule has 1 saturated heterocycles. The van der Waals surface area contributed by atoms with Gasteiger partial charge in [0.1, 0.15) is 4.32 Å². The van der Waals surface area contributed by atoms with Crippen LogP contribution in [0, 0.1) is 0 Å². The number of amides is 1. The van der Waals surface area contributed by atoms with Gasteiger partial charge in [-0.25, -0.2) is 4.79 Å². The Hall–Kier alpha value is -1.41. The lowest BCUT2D eigenvalue weighted by Gasteiger charge is -2.20. The molecule has 5 nitrogen and oxygen atoms in total. The normalized spacial score (nSPS) is 18.4. The van der Waals surface area contributed by atoms with Crippen LogP contribution in [0.1, 0.15) is 5.56 Å². The third kappa shape index (κ3) is 3.26. The number of carbonyl (C=O) groups excluding carboxylic acids is 1. The zero-order valence-electron chi connectivity index (χ0n) is 10.5. The third-order valence-corrected chi connectivity index (χ3v) is 4.46. The number of carbonyl (C=O) groups is 2. The highest BCUT2D eigenvalue weighted by atomic mass is 35.5. The fourth-order valence-electron chi connectivity index (χ4n) is 1.75. The summed E-state index contributed by atoms with van der Waals surface area (Å²) < 4.78 is 0.0970. The zero-order chi connectivity index (χ0) is 15.6. The molecule has 1 aliphatic heterocycles. The van der Waals surface area contributed by atoms with E-state index in [1.165, 1.54) is 0 Å². The van der Waals surface area contributed by atoms with Gasteiger partial charge in [0, 0.05) is 5.02 Å². The molecule has 1 amide bonds. The molecule has 0 bridgehead atoms. The summed E-state index contributed by atoms with van der Waals surface area (Å²) in [5.74, 6) is -1.86. The minimum atomic E-state index is -1.38. The Balaban J connectivity index is 2.34. The van der Waals surface area contributed by atoms with Crippen LogP contribution in [0.2, 0.25) is 5.02 Å². The second-order valence-electron chi connectivity index (χ2n) is 4.11. The second-order valence-corrected chi connectivity index (χ2v) is 6.19. The quantitative estimate of drug-likeness (QED) is 0.643. The molecule has 0 saturated carbocycles. The molecular weight excluding hydrogens is 334 g/mol. The first kappa shape index (κ1) is 16.0. The maximum absolute atomic E-state index is 12.3. The largest absolute Gasteiger partial charge is 0.480 e. The predicted molar refractivity (Wildman–Crippen MR) is 85.0 cm³/mol. The van der Waals surface area contributed by atoms with Crippen LogP contribution in [0.4, 0.5) is 0 Å². The fourth-order valence-corrected chi connectivity index (χ4v) is 3.29. The van der Waals surface area contributed by atoms with Gasteiger partial charge in [-0.3, -0.25) is 9.69 Å². The molecule has 0 aliphatic carbocycles. The molecule has 1 aromatic rings. The molecule has 0 spiro atoms. The third-order valence-electron chi connectivity index (χ3n) is 2.79. The standard InChI is InChI=1S/C13H10ClNO4S2/c14-8-4-2-1-3-7(8)5-10-11(17)15(13(20)21-10)9(6-16)12(18)19/h1-5,9,16H,6H2,(H,18,19)/b10-5-. The number of halogens is 1. The van der Waals surface area contributed by atoms with E-state index in [4.69, 9.17) is 34.0 Å². The number of aliphatic hydroxyl groups excluding tert-OH is 1. The molecule has 1 unspecified atom stereocenters. The van der Waals surface area contributed by atoms with E-state index in [-0.39, 0.29) is 9.23 Å². The topological polar surface area (TPSA) is 77.8 Å². The lowest BCUT2D eigenvalue weighted by Crippen LogP contribution is -2.46. The summed E-state index contributed by atoms with van der Waals surface area (Å²) in [5.41, 5.74) is 0.635. The molecule has 21 heavy (non-hydrogen) atoms. The number of carboxylic acid groups (broad SMARTS) is 1. The molecule has 1 fully saturated rings. The number of aliphatic carboxylic acids is 1. The van der Waals surface area contributed by atoms with Gasteiger partial charge in [0.25, 0.3) is 5.91 Å². The summed E-state index contributed by atoms with van der Waals surface area (Å²) in [6.45, 7) is -0.707. The number of carboxylic acids is 1. The van der Waals surface area contributed by atoms with E-state index in [2.05, 4.69) is 0 Å². The number of nitrogens with zero attached hydrogens (tertiary/aromatic N) is 1. The smallest absolute Gasteiger partial charge is 0.329 e. The van der Waals surface area contributed by atoms with E-state index in [1.807, 2.05) is 0 Å². The maximum atomic E-state index is 12.3. The highest BCUT2D eigenvalue weighted by molar-refractivity contribution is 8.26. The average molecular weight is 344 g/mol. The van der Waals surface area contributed by atoms with E-state index < -0.39 is 24.5 Å². The number of thiocarbonyl (C=S) groups is 1. The van der Waals surface area contributed by atoms with Crippen molar-refractivity contribution in [2.75, 3.05) is 6.61 Å². The first-order valence-corrected chi connectivity index (χ1v) is 7.41. The number of rotatable bonds is 4. The summed E-state index contributed by atoms with van der Waals surface area (Å²) in [5, 5.41) is 18.6. The first-order valence-electron chi connectivity index (χ1n) is 5.81. The molecule has 0 radical (unpaired) electrons. The van der Waals surface area contributed by atoms with Gasteiger partial charge in [0.15, 0.2) is 6.04 Å². The Morgan fingerprint density at radius 3 is 2.71 bits per heavy atom. The lowest BCUT2D eigenvalue weighted by molar-refractivity contribution is -0.146. The maximum Gasteiger partial charge on any atom is 0.329 e. The van der Waals surface area contributed by atoms with Crippen molar-refractivity contribution in [1.29, 1.82) is 0 Å². The van der Waals surface area contributed by atoms with Crippen molar-refractivity contribution in [2.24, 2.45) is 0 Å². The van der Waals surface area contributed by atoms with Crippen LogP contribution in [0.3, 0.4) is 0 Å². The average Bonchev–Trinajstić information content (AvgIpc) is 2.70. The molecule has 8 heteroatoms. The first-order chi connectivity index (χ1) is 9.95. The molecule has 110 valence electrons. The Labute approximate surface area is 135 Å². The van der Waals surface area contributed by atoms with Crippen molar-refractivity contribution in [2.45, 2.75) is 6.04 Å². The van der Waals surface area contributed by atoms with Gasteiger partial charge in [0.05, 0.1) is 11.5 Å². The number of hydrogen-bond donors (Lipinski definition) is 2. The van der Waals surface area contributed by atoms with Gasteiger partial charge in [-0.2, -0.15) is 0 Å². The van der Waals surface area contributed by atoms with Gasteiger partial charge in [0.2, 0.25) is 0 Å². The van der Waals surface area contributed by atoms with Crippen LogP contribution >= 0.6 is 35.6 Å². The van der Waals surface area contributed by atoms with E-state index in [0.29, 0.717) is 10.6 Å². The van der Waals surface area contributed by atoms with Crippen molar-refractivity contribution < 1.29 is 19.8 Å². The van der Waals surface area contributed by atoms with Crippen LogP contribution in [0.25, 0.3) is 6.08 Å². The van der Waals surface area contributed by atoms with Crippen LogP contribution in [0.5, 0.6) is 0 Å². The van der Waals surface area contributed by atoms with Crippen molar-refractivity contribution >= 4 is 57.9 Å². The van der Waals surface area contributed by atoms with Crippen molar-refractivity contribution in [3.05, 3.63) is 39.8 Å². The van der Waals surface area contributed by atoms with Gasteiger partial charge < -0.3 is 10.2 Å². The number of hydrogen-bond acceptors (Lipinski definition) is 5. The summed E-state index contributed by atoms with van der Waals surface area (Å²) >= 11 is 12.0. The molecule has 1 aromatic carbocycles. The monoisotopic (exact) mass is 343 g/mol. The summed E-state index contributed by atoms with van der Waals surface area (Å²) in [7, 11) is 0. The molecule has 1 aliphatic rings. The van der Waals surface area contributed by atoms with Crippen molar-refractivity contribution in [3.8, 4) is 0 Å². The molecule has 0 aromatic heterocycles. The van der Waals surface area contributed by atoms with E-state index in [1.54, 1.807) is 30.3 Å². The van der Waals surface area contributed by atoms with Crippen LogP contribution in [0.15, 0.2) is 29.2 Å². The lowest BCUT2D eigenvalue weighted by atomic mass is 10.2. The minimum Gasteiger partial charge on any atom is -0.480 e. The van der Waals surface area contributed by atoms with Gasteiger partial charge in [-0.05, 0) is 17.7 Å². The Bertz CT molecular complexity index is 647. The molecule has 2 N–H and O–H groups in total. The number of thioether (sulfide) groups is 1. The van der Waals surface area contributed by atoms with Gasteiger partial charge >= 0.3 is 5.97 Å². The SMILES string of the molecule is O=C(O)C(CO)N1C(=O)/C(=C/c2ccccc2Cl)SC1=S. The van der Waals surface area contributed by atoms with Gasteiger partial charge in [-0.15, -0.1) is 0 Å². The molecular formula is C13H10ClNO4S2. The van der Waals surface area contributed by atoms with Crippen LogP contribution < -0.4 is 0 Å². The zero-order valence-corrected chi connectivity index (χ0v) is 12.9. The van der Waals surface area contributed by atoms with E-state index in [9.17, 15) is 9.59 Å². The number of benzene rings is 1.